The van der Waals surface area contributed by atoms with Gasteiger partial charge in [-0.3, -0.25) is 0 Å². The van der Waals surface area contributed by atoms with Crippen molar-refractivity contribution in [2.24, 2.45) is 0 Å². The molecule has 0 saturated carbocycles. The highest BCUT2D eigenvalue weighted by molar-refractivity contribution is 5.99. The van der Waals surface area contributed by atoms with Crippen molar-refractivity contribution >= 4 is 27.8 Å². The van der Waals surface area contributed by atoms with Crippen molar-refractivity contribution in [2.75, 3.05) is 4.90 Å². The fourth-order valence-corrected chi connectivity index (χ4v) is 8.68. The van der Waals surface area contributed by atoms with Crippen LogP contribution in [0.25, 0.3) is 89.2 Å². The lowest BCUT2D eigenvalue weighted by Crippen LogP contribution is -2.10. The minimum Gasteiger partial charge on any atom is -0.310 e. The number of fused-ring (bicyclic) bond motifs is 1. The molecule has 0 bridgehead atoms. The maximum absolute atomic E-state index is 5.10. The Balaban J connectivity index is 0.897. The van der Waals surface area contributed by atoms with Crippen LogP contribution in [-0.4, -0.2) is 9.97 Å². The van der Waals surface area contributed by atoms with E-state index in [1.165, 1.54) is 44.2 Å². The average Bonchev–Trinajstić information content (AvgIpc) is 3.40. The number of hydrogen-bond acceptors (Lipinski definition) is 3. The summed E-state index contributed by atoms with van der Waals surface area (Å²) in [5.41, 5.74) is 17.6. The molecule has 0 aliphatic rings. The van der Waals surface area contributed by atoms with Gasteiger partial charge in [-0.2, -0.15) is 0 Å². The Hall–Kier alpha value is -8.66. The Morgan fingerprint density at radius 1 is 0.246 bits per heavy atom. The minimum absolute atomic E-state index is 0.702. The number of nitrogens with zero attached hydrogens (tertiary/aromatic N) is 3. The number of anilines is 3. The first-order valence-electron chi connectivity index (χ1n) is 22.1. The molecule has 0 aliphatic heterocycles. The smallest absolute Gasteiger partial charge is 0.160 e. The van der Waals surface area contributed by atoms with Crippen LogP contribution < -0.4 is 4.90 Å². The first kappa shape index (κ1) is 39.2. The third-order valence-electron chi connectivity index (χ3n) is 12.1. The van der Waals surface area contributed by atoms with Gasteiger partial charge in [0.25, 0.3) is 0 Å². The third-order valence-corrected chi connectivity index (χ3v) is 12.1. The molecule has 0 saturated heterocycles. The summed E-state index contributed by atoms with van der Waals surface area (Å²) in [6.07, 6.45) is 0. The van der Waals surface area contributed by atoms with E-state index in [1.807, 2.05) is 24.3 Å². The molecule has 3 heteroatoms. The molecule has 0 unspecified atom stereocenters. The molecule has 0 amide bonds. The minimum atomic E-state index is 0.702. The number of hydrogen-bond donors (Lipinski definition) is 0. The van der Waals surface area contributed by atoms with Crippen molar-refractivity contribution < 1.29 is 0 Å². The molecule has 0 radical (unpaired) electrons. The summed E-state index contributed by atoms with van der Waals surface area (Å²) in [7, 11) is 0. The molecule has 1 heterocycles. The molecule has 0 spiro atoms. The largest absolute Gasteiger partial charge is 0.310 e. The van der Waals surface area contributed by atoms with Crippen LogP contribution in [0.3, 0.4) is 0 Å². The van der Waals surface area contributed by atoms with Gasteiger partial charge < -0.3 is 4.90 Å². The Morgan fingerprint density at radius 3 is 1.00 bits per heavy atom. The first-order chi connectivity index (χ1) is 32.2. The van der Waals surface area contributed by atoms with E-state index in [0.717, 1.165) is 56.3 Å². The maximum atomic E-state index is 5.10. The lowest BCUT2D eigenvalue weighted by molar-refractivity contribution is 1.18. The Kier molecular flexibility index (Phi) is 10.6. The van der Waals surface area contributed by atoms with E-state index in [1.54, 1.807) is 0 Å². The standard InChI is InChI=1S/C62H43N3/c1-4-13-44(14-5-1)46-23-25-48(26-24-46)50-35-39-56(40-36-50)65(61-22-12-20-52-17-10-11-21-58(52)61)57-41-37-51(38-42-57)49-29-33-54(34-30-49)60-43-59(63-62(64-60)55-18-8-3-9-19-55)53-31-27-47(28-32-53)45-15-6-2-7-16-45/h1-43H. The van der Waals surface area contributed by atoms with E-state index in [9.17, 15) is 0 Å². The van der Waals surface area contributed by atoms with Gasteiger partial charge in [0.05, 0.1) is 17.1 Å². The normalized spacial score (nSPS) is 11.1. The number of rotatable bonds is 10. The van der Waals surface area contributed by atoms with Gasteiger partial charge in [-0.1, -0.05) is 224 Å². The van der Waals surface area contributed by atoms with Crippen LogP contribution in [0.4, 0.5) is 17.1 Å². The third kappa shape index (κ3) is 8.23. The van der Waals surface area contributed by atoms with Crippen LogP contribution in [0.1, 0.15) is 0 Å². The predicted molar refractivity (Wildman–Crippen MR) is 272 cm³/mol. The van der Waals surface area contributed by atoms with Crippen LogP contribution >= 0.6 is 0 Å². The van der Waals surface area contributed by atoms with E-state index in [4.69, 9.17) is 9.97 Å². The van der Waals surface area contributed by atoms with Crippen LogP contribution in [-0.2, 0) is 0 Å². The summed E-state index contributed by atoms with van der Waals surface area (Å²) in [6, 6.07) is 92.5. The molecule has 0 N–H and O–H groups in total. The van der Waals surface area contributed by atoms with Crippen molar-refractivity contribution in [3.05, 3.63) is 261 Å². The monoisotopic (exact) mass is 829 g/mol. The lowest BCUT2D eigenvalue weighted by atomic mass is 9.99. The molecule has 11 aromatic rings. The van der Waals surface area contributed by atoms with E-state index in [2.05, 4.69) is 241 Å². The predicted octanol–water partition coefficient (Wildman–Crippen LogP) is 16.8. The summed E-state index contributed by atoms with van der Waals surface area (Å²) >= 11 is 0. The second-order valence-electron chi connectivity index (χ2n) is 16.2. The van der Waals surface area contributed by atoms with Gasteiger partial charge in [0.1, 0.15) is 0 Å². The SMILES string of the molecule is c1ccc(-c2ccc(-c3ccc(N(c4ccc(-c5ccc(-c6cc(-c7ccc(-c8ccccc8)cc7)nc(-c7ccccc7)n6)cc5)cc4)c4cccc5ccccc45)cc3)cc2)cc1. The molecule has 0 atom stereocenters. The molecule has 65 heavy (non-hydrogen) atoms. The quantitative estimate of drug-likeness (QED) is 0.137. The van der Waals surface area contributed by atoms with Crippen molar-refractivity contribution in [2.45, 2.75) is 0 Å². The van der Waals surface area contributed by atoms with Crippen LogP contribution in [0.2, 0.25) is 0 Å². The van der Waals surface area contributed by atoms with Gasteiger partial charge in [0, 0.05) is 33.5 Å². The van der Waals surface area contributed by atoms with Crippen LogP contribution in [0.5, 0.6) is 0 Å². The Labute approximate surface area is 380 Å². The zero-order valence-corrected chi connectivity index (χ0v) is 35.7. The molecular formula is C62H43N3. The van der Waals surface area contributed by atoms with E-state index < -0.39 is 0 Å². The molecule has 11 rings (SSSR count). The molecule has 3 nitrogen and oxygen atoms in total. The molecule has 0 fully saturated rings. The number of benzene rings is 10. The summed E-state index contributed by atoms with van der Waals surface area (Å²) < 4.78 is 0. The van der Waals surface area contributed by atoms with E-state index in [0.29, 0.717) is 5.82 Å². The highest BCUT2D eigenvalue weighted by Gasteiger charge is 2.17. The van der Waals surface area contributed by atoms with Gasteiger partial charge in [0.15, 0.2) is 5.82 Å². The second kappa shape index (κ2) is 17.6. The lowest BCUT2D eigenvalue weighted by Gasteiger charge is -2.27. The van der Waals surface area contributed by atoms with Crippen LogP contribution in [0, 0.1) is 0 Å². The molecule has 306 valence electrons. The fraction of sp³-hybridized carbons (Fsp3) is 0. The highest BCUT2D eigenvalue weighted by Crippen LogP contribution is 2.41. The summed E-state index contributed by atoms with van der Waals surface area (Å²) in [4.78, 5) is 12.5. The molecular weight excluding hydrogens is 787 g/mol. The van der Waals surface area contributed by atoms with Gasteiger partial charge in [-0.05, 0) is 86.3 Å². The van der Waals surface area contributed by atoms with Crippen molar-refractivity contribution in [3.8, 4) is 78.4 Å². The second-order valence-corrected chi connectivity index (χ2v) is 16.2. The van der Waals surface area contributed by atoms with Crippen molar-refractivity contribution in [1.29, 1.82) is 0 Å². The maximum Gasteiger partial charge on any atom is 0.160 e. The molecule has 10 aromatic carbocycles. The average molecular weight is 830 g/mol. The topological polar surface area (TPSA) is 29.0 Å². The van der Waals surface area contributed by atoms with Crippen molar-refractivity contribution in [3.63, 3.8) is 0 Å². The van der Waals surface area contributed by atoms with Crippen LogP contribution in [0.15, 0.2) is 261 Å². The van der Waals surface area contributed by atoms with Gasteiger partial charge in [-0.25, -0.2) is 9.97 Å². The molecule has 0 aliphatic carbocycles. The van der Waals surface area contributed by atoms with Gasteiger partial charge in [-0.15, -0.1) is 0 Å². The van der Waals surface area contributed by atoms with E-state index >= 15 is 0 Å². The fourth-order valence-electron chi connectivity index (χ4n) is 8.68. The summed E-state index contributed by atoms with van der Waals surface area (Å²) in [5, 5.41) is 2.40. The van der Waals surface area contributed by atoms with E-state index in [-0.39, 0.29) is 0 Å². The highest BCUT2D eigenvalue weighted by atomic mass is 15.1. The zero-order valence-electron chi connectivity index (χ0n) is 35.7. The summed E-state index contributed by atoms with van der Waals surface area (Å²) in [5.74, 6) is 0.702. The Morgan fingerprint density at radius 2 is 0.569 bits per heavy atom. The number of aromatic nitrogens is 2. The summed E-state index contributed by atoms with van der Waals surface area (Å²) in [6.45, 7) is 0. The first-order valence-corrected chi connectivity index (χ1v) is 22.1. The van der Waals surface area contributed by atoms with Gasteiger partial charge >= 0.3 is 0 Å². The molecule has 1 aromatic heterocycles. The zero-order chi connectivity index (χ0) is 43.4. The van der Waals surface area contributed by atoms with Gasteiger partial charge in [0.2, 0.25) is 0 Å². The van der Waals surface area contributed by atoms with Crippen molar-refractivity contribution in [1.82, 2.24) is 9.97 Å². The Bertz CT molecular complexity index is 3340.